The Hall–Kier alpha value is -0.950. The summed E-state index contributed by atoms with van der Waals surface area (Å²) in [6.45, 7) is 5.73. The highest BCUT2D eigenvalue weighted by atomic mass is 32.2. The first-order valence-corrected chi connectivity index (χ1v) is 8.77. The molecule has 1 fully saturated rings. The van der Waals surface area contributed by atoms with E-state index in [1.165, 1.54) is 0 Å². The molecule has 5 nitrogen and oxygen atoms in total. The van der Waals surface area contributed by atoms with E-state index >= 15 is 0 Å². The monoisotopic (exact) mass is 312 g/mol. The molecule has 1 aliphatic heterocycles. The molecule has 2 rings (SSSR count). The third-order valence-electron chi connectivity index (χ3n) is 3.83. The van der Waals surface area contributed by atoms with Gasteiger partial charge in [0.2, 0.25) is 10.0 Å². The fraction of sp³-hybridized carbons (Fsp3) is 0.600. The van der Waals surface area contributed by atoms with Crippen molar-refractivity contribution >= 4 is 10.0 Å². The van der Waals surface area contributed by atoms with E-state index < -0.39 is 10.0 Å². The molecule has 0 unspecified atom stereocenters. The van der Waals surface area contributed by atoms with E-state index in [1.807, 2.05) is 27.0 Å². The minimum absolute atomic E-state index is 0.0304. The van der Waals surface area contributed by atoms with Crippen LogP contribution in [-0.4, -0.2) is 34.7 Å². The van der Waals surface area contributed by atoms with Gasteiger partial charge in [0.15, 0.2) is 0 Å². The molecule has 0 aliphatic carbocycles. The maximum absolute atomic E-state index is 12.6. The molecule has 0 spiro atoms. The lowest BCUT2D eigenvalue weighted by Gasteiger charge is -2.23. The largest absolute Gasteiger partial charge is 0.381 e. The number of hydrogen-bond donors (Lipinski definition) is 2. The Morgan fingerprint density at radius 2 is 1.86 bits per heavy atom. The number of hydrogen-bond acceptors (Lipinski definition) is 4. The fourth-order valence-electron chi connectivity index (χ4n) is 2.64. The first-order chi connectivity index (χ1) is 9.94. The molecule has 1 aromatic rings. The molecule has 1 aliphatic rings. The van der Waals surface area contributed by atoms with Gasteiger partial charge in [-0.05, 0) is 56.5 Å². The Morgan fingerprint density at radius 1 is 1.19 bits per heavy atom. The Balaban J connectivity index is 2.27. The molecule has 6 heteroatoms. The average Bonchev–Trinajstić information content (AvgIpc) is 2.42. The molecule has 21 heavy (non-hydrogen) atoms. The van der Waals surface area contributed by atoms with E-state index in [-0.39, 0.29) is 6.04 Å². The molecule has 0 radical (unpaired) electrons. The average molecular weight is 312 g/mol. The topological polar surface area (TPSA) is 67.4 Å². The van der Waals surface area contributed by atoms with Gasteiger partial charge in [-0.2, -0.15) is 0 Å². The molecule has 118 valence electrons. The van der Waals surface area contributed by atoms with Crippen LogP contribution in [0.5, 0.6) is 0 Å². The van der Waals surface area contributed by atoms with Crippen molar-refractivity contribution in [3.8, 4) is 0 Å². The van der Waals surface area contributed by atoms with Crippen molar-refractivity contribution in [2.75, 3.05) is 20.3 Å². The second kappa shape index (κ2) is 6.87. The number of sulfonamides is 1. The van der Waals surface area contributed by atoms with Gasteiger partial charge in [-0.25, -0.2) is 13.1 Å². The molecule has 1 heterocycles. The molecule has 0 aromatic heterocycles. The zero-order chi connectivity index (χ0) is 15.5. The summed E-state index contributed by atoms with van der Waals surface area (Å²) >= 11 is 0. The van der Waals surface area contributed by atoms with Gasteiger partial charge in [0.1, 0.15) is 0 Å². The normalized spacial score (nSPS) is 17.1. The maximum atomic E-state index is 12.6. The highest BCUT2D eigenvalue weighted by Gasteiger charge is 2.24. The zero-order valence-corrected chi connectivity index (χ0v) is 13.7. The van der Waals surface area contributed by atoms with Crippen LogP contribution in [0.3, 0.4) is 0 Å². The second-order valence-corrected chi connectivity index (χ2v) is 7.26. The van der Waals surface area contributed by atoms with Crippen LogP contribution in [0.15, 0.2) is 17.0 Å². The number of nitrogens with one attached hydrogen (secondary N) is 2. The van der Waals surface area contributed by atoms with E-state index in [2.05, 4.69) is 10.0 Å². The lowest BCUT2D eigenvalue weighted by atomic mass is 10.1. The van der Waals surface area contributed by atoms with Crippen LogP contribution < -0.4 is 10.0 Å². The van der Waals surface area contributed by atoms with Crippen molar-refractivity contribution in [1.29, 1.82) is 0 Å². The number of rotatable bonds is 5. The van der Waals surface area contributed by atoms with E-state index in [0.717, 1.165) is 29.5 Å². The van der Waals surface area contributed by atoms with Crippen LogP contribution in [0, 0.1) is 13.8 Å². The summed E-state index contributed by atoms with van der Waals surface area (Å²) in [5.74, 6) is 0. The molecular formula is C15H24N2O3S. The van der Waals surface area contributed by atoms with Gasteiger partial charge in [0.05, 0.1) is 4.90 Å². The molecule has 0 amide bonds. The fourth-order valence-corrected chi connectivity index (χ4v) is 4.22. The van der Waals surface area contributed by atoms with Gasteiger partial charge in [-0.1, -0.05) is 6.07 Å². The first-order valence-electron chi connectivity index (χ1n) is 7.29. The summed E-state index contributed by atoms with van der Waals surface area (Å²) in [5.41, 5.74) is 2.90. The lowest BCUT2D eigenvalue weighted by Crippen LogP contribution is -2.39. The van der Waals surface area contributed by atoms with Crippen molar-refractivity contribution in [3.63, 3.8) is 0 Å². The Kier molecular flexibility index (Phi) is 5.37. The van der Waals surface area contributed by atoms with Gasteiger partial charge < -0.3 is 10.1 Å². The minimum Gasteiger partial charge on any atom is -0.381 e. The quantitative estimate of drug-likeness (QED) is 0.864. The van der Waals surface area contributed by atoms with E-state index in [0.29, 0.717) is 24.7 Å². The molecule has 0 atom stereocenters. The molecular weight excluding hydrogens is 288 g/mol. The number of aryl methyl sites for hydroxylation is 2. The van der Waals surface area contributed by atoms with Crippen molar-refractivity contribution in [1.82, 2.24) is 10.0 Å². The molecule has 1 aromatic carbocycles. The van der Waals surface area contributed by atoms with E-state index in [1.54, 1.807) is 6.07 Å². The van der Waals surface area contributed by atoms with Crippen molar-refractivity contribution < 1.29 is 13.2 Å². The van der Waals surface area contributed by atoms with Crippen LogP contribution in [0.1, 0.15) is 29.5 Å². The van der Waals surface area contributed by atoms with Crippen LogP contribution in [0.25, 0.3) is 0 Å². The van der Waals surface area contributed by atoms with Crippen molar-refractivity contribution in [2.45, 2.75) is 44.2 Å². The van der Waals surface area contributed by atoms with E-state index in [9.17, 15) is 8.42 Å². The predicted octanol–water partition coefficient (Wildman–Crippen LogP) is 1.48. The summed E-state index contributed by atoms with van der Waals surface area (Å²) in [6, 6.07) is 3.69. The highest BCUT2D eigenvalue weighted by Crippen LogP contribution is 2.22. The second-order valence-electron chi connectivity index (χ2n) is 5.58. The van der Waals surface area contributed by atoms with Gasteiger partial charge in [-0.15, -0.1) is 0 Å². The standard InChI is InChI=1S/C15H24N2O3S/c1-11-8-12(2)15(9-13(11)10-16-3)21(18,19)17-14-4-6-20-7-5-14/h8-9,14,16-17H,4-7,10H2,1-3H3. The minimum atomic E-state index is -3.48. The predicted molar refractivity (Wildman–Crippen MR) is 82.8 cm³/mol. The smallest absolute Gasteiger partial charge is 0.241 e. The van der Waals surface area contributed by atoms with Gasteiger partial charge in [0, 0.05) is 25.8 Å². The number of benzene rings is 1. The van der Waals surface area contributed by atoms with Crippen molar-refractivity contribution in [3.05, 3.63) is 28.8 Å². The maximum Gasteiger partial charge on any atom is 0.241 e. The summed E-state index contributed by atoms with van der Waals surface area (Å²) in [6.07, 6.45) is 1.46. The Bertz CT molecular complexity index is 593. The van der Waals surface area contributed by atoms with Crippen LogP contribution in [0.4, 0.5) is 0 Å². The van der Waals surface area contributed by atoms with Gasteiger partial charge in [0.25, 0.3) is 0 Å². The summed E-state index contributed by atoms with van der Waals surface area (Å²) in [5, 5.41) is 3.07. The van der Waals surface area contributed by atoms with Crippen LogP contribution in [0.2, 0.25) is 0 Å². The van der Waals surface area contributed by atoms with Gasteiger partial charge in [-0.3, -0.25) is 0 Å². The highest BCUT2D eigenvalue weighted by molar-refractivity contribution is 7.89. The van der Waals surface area contributed by atoms with Crippen molar-refractivity contribution in [2.24, 2.45) is 0 Å². The van der Waals surface area contributed by atoms with Crippen LogP contribution in [-0.2, 0) is 21.3 Å². The van der Waals surface area contributed by atoms with E-state index in [4.69, 9.17) is 4.74 Å². The summed E-state index contributed by atoms with van der Waals surface area (Å²) in [4.78, 5) is 0.379. The lowest BCUT2D eigenvalue weighted by molar-refractivity contribution is 0.0832. The number of ether oxygens (including phenoxy) is 1. The zero-order valence-electron chi connectivity index (χ0n) is 12.9. The first kappa shape index (κ1) is 16.4. The summed E-state index contributed by atoms with van der Waals surface area (Å²) in [7, 11) is -1.63. The third kappa shape index (κ3) is 4.03. The third-order valence-corrected chi connectivity index (χ3v) is 5.50. The SMILES string of the molecule is CNCc1cc(S(=O)(=O)NC2CCOCC2)c(C)cc1C. The molecule has 0 saturated carbocycles. The molecule has 1 saturated heterocycles. The Morgan fingerprint density at radius 3 is 2.48 bits per heavy atom. The van der Waals surface area contributed by atoms with Crippen LogP contribution >= 0.6 is 0 Å². The summed E-state index contributed by atoms with van der Waals surface area (Å²) < 4.78 is 33.3. The molecule has 2 N–H and O–H groups in total. The van der Waals surface area contributed by atoms with Gasteiger partial charge >= 0.3 is 0 Å². The Labute approximate surface area is 127 Å². The molecule has 0 bridgehead atoms.